The van der Waals surface area contributed by atoms with Gasteiger partial charge in [0.25, 0.3) is 0 Å². The third-order valence-corrected chi connectivity index (χ3v) is 11.1. The number of hydrogen-bond donors (Lipinski definition) is 0. The molecule has 0 unspecified atom stereocenters. The Labute approximate surface area is 353 Å². The fourth-order valence-corrected chi connectivity index (χ4v) is 8.59. The van der Waals surface area contributed by atoms with E-state index in [1.165, 1.54) is 47.3 Å². The van der Waals surface area contributed by atoms with E-state index >= 15 is 0 Å². The molecule has 0 aliphatic rings. The number of aromatic nitrogens is 2. The first-order chi connectivity index (χ1) is 30.4. The Balaban J connectivity index is 0.000000260. The predicted molar refractivity (Wildman–Crippen MR) is 230 cm³/mol. The molecule has 3 heterocycles. The molecular weight excluding hydrogens is 853 g/mol. The van der Waals surface area contributed by atoms with Crippen molar-refractivity contribution < 1.29 is 36.6 Å². The van der Waals surface area contributed by atoms with Crippen LogP contribution < -0.4 is 0 Å². The molecule has 0 N–H and O–H groups in total. The van der Waals surface area contributed by atoms with E-state index in [0.717, 1.165) is 41.9 Å². The second-order valence-corrected chi connectivity index (χ2v) is 15.0. The monoisotopic (exact) mass is 909 g/mol. The van der Waals surface area contributed by atoms with Crippen LogP contribution in [0.5, 0.6) is 0 Å². The summed E-state index contributed by atoms with van der Waals surface area (Å²) in [5.74, 6) is 0.714. The molecule has 0 aliphatic heterocycles. The Bertz CT molecular complexity index is 3170. The fraction of sp³-hybridized carbons (Fsp3) is 0.200. The van der Waals surface area contributed by atoms with Gasteiger partial charge in [0, 0.05) is 69.1 Å². The molecule has 0 bridgehead atoms. The van der Waals surface area contributed by atoms with E-state index in [2.05, 4.69) is 92.3 Å². The Kier molecular flexibility index (Phi) is 7.13. The Hall–Kier alpha value is -4.73. The molecule has 3 aromatic heterocycles. The molecule has 1 radical (unpaired) electrons. The number of benzene rings is 6. The topological polar surface area (TPSA) is 25.8 Å². The minimum absolute atomic E-state index is 0. The molecule has 54 heavy (non-hydrogen) atoms. The number of pyridine rings is 2. The molecule has 2 nitrogen and oxygen atoms in total. The van der Waals surface area contributed by atoms with Crippen LogP contribution in [0.15, 0.2) is 109 Å². The normalized spacial score (nSPS) is 15.7. The molecule has 0 amide bonds. The Morgan fingerprint density at radius 2 is 1.44 bits per heavy atom. The first-order valence-corrected chi connectivity index (χ1v) is 18.4. The number of thiophene rings is 1. The smallest absolute Gasteiger partial charge is 0.0424 e. The second-order valence-electron chi connectivity index (χ2n) is 14.0. The number of fused-ring (bicyclic) bond motifs is 10. The van der Waals surface area contributed by atoms with Gasteiger partial charge >= 0.3 is 0 Å². The largest absolute Gasteiger partial charge is 0.304 e. The van der Waals surface area contributed by atoms with Gasteiger partial charge in [0.05, 0.1) is 0 Å². The number of rotatable bonds is 4. The zero-order valence-corrected chi connectivity index (χ0v) is 33.4. The van der Waals surface area contributed by atoms with Gasteiger partial charge in [-0.2, -0.15) is 0 Å². The van der Waals surface area contributed by atoms with Crippen LogP contribution in [0, 0.1) is 39.5 Å². The molecule has 0 aliphatic carbocycles. The molecular formula is C50H44IrN2S-2. The summed E-state index contributed by atoms with van der Waals surface area (Å²) < 4.78 is 96.0. The van der Waals surface area contributed by atoms with Crippen molar-refractivity contribution in [3.8, 4) is 22.4 Å². The summed E-state index contributed by atoms with van der Waals surface area (Å²) in [5.41, 5.74) is 6.66. The molecule has 271 valence electrons. The second kappa shape index (κ2) is 15.2. The fourth-order valence-electron chi connectivity index (χ4n) is 7.29. The SMILES string of the molecule is [2H]C([2H])([2H])c1c[c-]c(-c2ccc(C([2H])([2H])[2H])cn2)cc1.[2H]C([2H])([2H])c1cnc2c3[c-]cccc3c3ccc4c5ccc(-c6c(C(C)C)cccc6C(C)C)cc5sc4c3c2c1C([2H])([2H])[2H].[Ir]. The van der Waals surface area contributed by atoms with Crippen molar-refractivity contribution in [2.45, 2.75) is 66.9 Å². The van der Waals surface area contributed by atoms with Crippen LogP contribution in [0.2, 0.25) is 0 Å². The first kappa shape index (κ1) is 25.4. The van der Waals surface area contributed by atoms with Gasteiger partial charge in [0.2, 0.25) is 0 Å². The quantitative estimate of drug-likeness (QED) is 0.130. The summed E-state index contributed by atoms with van der Waals surface area (Å²) in [4.78, 5) is 8.71. The van der Waals surface area contributed by atoms with Gasteiger partial charge in [-0.15, -0.1) is 76.4 Å². The standard InChI is InChI=1S/C37H32NS.C13H12N.Ir/c1-20(2)25-12-9-13-26(21(3)4)34(25)24-14-15-28-31-17-16-29-27-10-7-8-11-30(27)36-33(23(6)22(5)19-38-36)35(29)37(31)39-32(28)18-24;1-10-3-6-12(7-4-10)13-8-5-11(2)9-14-13;/h7-10,12-21H,1-6H3;3-6,8-9H,1-2H3;/q2*-1;/i5D3,6D3;1D3,2D3;. The van der Waals surface area contributed by atoms with Gasteiger partial charge in [-0.25, -0.2) is 0 Å². The molecule has 9 rings (SSSR count). The summed E-state index contributed by atoms with van der Waals surface area (Å²) in [7, 11) is 0. The van der Waals surface area contributed by atoms with E-state index in [4.69, 9.17) is 16.4 Å². The van der Waals surface area contributed by atoms with Crippen molar-refractivity contribution in [3.63, 3.8) is 0 Å². The van der Waals surface area contributed by atoms with Gasteiger partial charge in [-0.05, 0) is 99.4 Å². The minimum Gasteiger partial charge on any atom is -0.304 e. The maximum atomic E-state index is 8.56. The summed E-state index contributed by atoms with van der Waals surface area (Å²) in [6.45, 7) is -0.760. The van der Waals surface area contributed by atoms with Crippen molar-refractivity contribution in [1.29, 1.82) is 0 Å². The van der Waals surface area contributed by atoms with Gasteiger partial charge in [0.1, 0.15) is 0 Å². The van der Waals surface area contributed by atoms with Crippen LogP contribution in [0.4, 0.5) is 0 Å². The summed E-state index contributed by atoms with van der Waals surface area (Å²) in [5, 5.41) is 5.63. The molecule has 0 atom stereocenters. The van der Waals surface area contributed by atoms with Crippen LogP contribution in [0.25, 0.3) is 75.0 Å². The van der Waals surface area contributed by atoms with E-state index in [1.54, 1.807) is 29.5 Å². The molecule has 4 heteroatoms. The van der Waals surface area contributed by atoms with E-state index in [0.29, 0.717) is 39.4 Å². The number of nitrogens with zero attached hydrogens (tertiary/aromatic N) is 2. The average Bonchev–Trinajstić information content (AvgIpc) is 3.63. The third kappa shape index (κ3) is 6.66. The number of aryl methyl sites for hydroxylation is 4. The summed E-state index contributed by atoms with van der Waals surface area (Å²) in [6.07, 6.45) is 2.52. The van der Waals surface area contributed by atoms with Crippen molar-refractivity contribution >= 4 is 64.0 Å². The molecule has 0 saturated carbocycles. The van der Waals surface area contributed by atoms with Crippen molar-refractivity contribution in [2.75, 3.05) is 0 Å². The van der Waals surface area contributed by atoms with Crippen LogP contribution >= 0.6 is 11.3 Å². The van der Waals surface area contributed by atoms with Crippen molar-refractivity contribution in [3.05, 3.63) is 155 Å². The minimum atomic E-state index is -2.68. The van der Waals surface area contributed by atoms with E-state index < -0.39 is 27.4 Å². The van der Waals surface area contributed by atoms with Crippen molar-refractivity contribution in [2.24, 2.45) is 0 Å². The molecule has 0 spiro atoms. The third-order valence-electron chi connectivity index (χ3n) is 9.87. The van der Waals surface area contributed by atoms with Crippen LogP contribution in [-0.2, 0) is 20.1 Å². The molecule has 9 aromatic rings. The molecule has 6 aromatic carbocycles. The summed E-state index contributed by atoms with van der Waals surface area (Å²) in [6, 6.07) is 36.7. The molecule has 0 fully saturated rings. The maximum absolute atomic E-state index is 8.56. The van der Waals surface area contributed by atoms with Crippen molar-refractivity contribution in [1.82, 2.24) is 9.97 Å². The average molecular weight is 909 g/mol. The van der Waals surface area contributed by atoms with E-state index in [-0.39, 0.29) is 42.4 Å². The van der Waals surface area contributed by atoms with Crippen LogP contribution in [0.3, 0.4) is 0 Å². The summed E-state index contributed by atoms with van der Waals surface area (Å²) >= 11 is 1.62. The Morgan fingerprint density at radius 1 is 0.667 bits per heavy atom. The van der Waals surface area contributed by atoms with Gasteiger partial charge in [-0.3, -0.25) is 0 Å². The van der Waals surface area contributed by atoms with E-state index in [1.807, 2.05) is 18.2 Å². The zero-order chi connectivity index (χ0) is 47.0. The Morgan fingerprint density at radius 3 is 2.13 bits per heavy atom. The van der Waals surface area contributed by atoms with Crippen LogP contribution in [0.1, 0.15) is 89.4 Å². The van der Waals surface area contributed by atoms with Gasteiger partial charge in [-0.1, -0.05) is 99.9 Å². The molecule has 0 saturated heterocycles. The predicted octanol–water partition coefficient (Wildman–Crippen LogP) is 14.4. The van der Waals surface area contributed by atoms with Gasteiger partial charge in [0.15, 0.2) is 0 Å². The van der Waals surface area contributed by atoms with E-state index in [9.17, 15) is 0 Å². The number of hydrogen-bond acceptors (Lipinski definition) is 3. The van der Waals surface area contributed by atoms with Gasteiger partial charge < -0.3 is 9.97 Å². The maximum Gasteiger partial charge on any atom is 0.0424 e. The zero-order valence-electron chi connectivity index (χ0n) is 42.2. The first-order valence-electron chi connectivity index (χ1n) is 23.6. The van der Waals surface area contributed by atoms with Crippen LogP contribution in [-0.4, -0.2) is 9.97 Å².